The van der Waals surface area contributed by atoms with E-state index in [0.29, 0.717) is 11.6 Å². The predicted molar refractivity (Wildman–Crippen MR) is 97.1 cm³/mol. The van der Waals surface area contributed by atoms with Crippen LogP contribution >= 0.6 is 0 Å². The molecule has 0 saturated heterocycles. The number of carbonyl (C=O) groups excluding carboxylic acids is 1. The molecule has 1 unspecified atom stereocenters. The molecule has 3 N–H and O–H groups in total. The number of nitrogens with two attached hydrogens (primary N) is 1. The van der Waals surface area contributed by atoms with Gasteiger partial charge < -0.3 is 11.1 Å². The maximum Gasteiger partial charge on any atom is 0.271 e. The number of benzene rings is 1. The maximum atomic E-state index is 11.8. The number of primary amides is 1. The van der Waals surface area contributed by atoms with Crippen LogP contribution in [0.4, 0.5) is 5.69 Å². The summed E-state index contributed by atoms with van der Waals surface area (Å²) >= 11 is 0. The highest BCUT2D eigenvalue weighted by molar-refractivity contribution is 6.05. The van der Waals surface area contributed by atoms with Gasteiger partial charge in [0.1, 0.15) is 0 Å². The Kier molecular flexibility index (Phi) is 3.80. The van der Waals surface area contributed by atoms with Gasteiger partial charge in [0, 0.05) is 23.8 Å². The van der Waals surface area contributed by atoms with Gasteiger partial charge >= 0.3 is 0 Å². The fourth-order valence-corrected chi connectivity index (χ4v) is 3.09. The summed E-state index contributed by atoms with van der Waals surface area (Å²) in [5.74, 6) is 0.0677. The number of pyridine rings is 1. The Bertz CT molecular complexity index is 937. The van der Waals surface area contributed by atoms with Gasteiger partial charge in [0.15, 0.2) is 5.69 Å². The van der Waals surface area contributed by atoms with Crippen LogP contribution in [-0.4, -0.2) is 27.1 Å². The van der Waals surface area contributed by atoms with Crippen LogP contribution in [0, 0.1) is 5.92 Å². The summed E-state index contributed by atoms with van der Waals surface area (Å²) < 4.78 is 0. The summed E-state index contributed by atoms with van der Waals surface area (Å²) in [5.41, 5.74) is 9.18. The largest absolute Gasteiger partial charge is 0.380 e. The minimum Gasteiger partial charge on any atom is -0.380 e. The number of aromatic nitrogens is 3. The second kappa shape index (κ2) is 6.12. The molecule has 0 bridgehead atoms. The number of fused-ring (bicyclic) bond motifs is 1. The highest BCUT2D eigenvalue weighted by atomic mass is 16.1. The molecule has 25 heavy (non-hydrogen) atoms. The Morgan fingerprint density at radius 2 is 1.92 bits per heavy atom. The minimum absolute atomic E-state index is 0.191. The third-order valence-corrected chi connectivity index (χ3v) is 4.71. The lowest BCUT2D eigenvalue weighted by molar-refractivity contribution is 0.0995. The molecule has 1 fully saturated rings. The van der Waals surface area contributed by atoms with Gasteiger partial charge in [-0.2, -0.15) is 0 Å². The highest BCUT2D eigenvalue weighted by Gasteiger charge is 2.29. The van der Waals surface area contributed by atoms with Crippen LogP contribution in [0.2, 0.25) is 0 Å². The van der Waals surface area contributed by atoms with E-state index >= 15 is 0 Å². The normalized spacial score (nSPS) is 15.1. The maximum absolute atomic E-state index is 11.8. The van der Waals surface area contributed by atoms with Gasteiger partial charge in [-0.15, -0.1) is 10.2 Å². The summed E-state index contributed by atoms with van der Waals surface area (Å²) in [6.07, 6.45) is 5.93. The molecule has 2 heterocycles. The van der Waals surface area contributed by atoms with E-state index in [4.69, 9.17) is 5.73 Å². The topological polar surface area (TPSA) is 93.8 Å². The molecular weight excluding hydrogens is 314 g/mol. The number of hydrogen-bond acceptors (Lipinski definition) is 5. The lowest BCUT2D eigenvalue weighted by Crippen LogP contribution is -2.23. The highest BCUT2D eigenvalue weighted by Crippen LogP contribution is 2.36. The molecule has 126 valence electrons. The molecular formula is C19H19N5O. The number of hydrogen-bond donors (Lipinski definition) is 2. The van der Waals surface area contributed by atoms with Crippen LogP contribution in [0.15, 0.2) is 42.7 Å². The van der Waals surface area contributed by atoms with Crippen molar-refractivity contribution in [3.8, 4) is 11.1 Å². The standard InChI is InChI=1S/C19H19N5O/c1-11(12-2-3-12)22-17-15-5-4-14(13-6-8-21-9-7-13)10-16(15)23-24-18(17)19(20)25/h4-12H,2-3H2,1H3,(H2,20,25)(H,22,23). The first-order valence-electron chi connectivity index (χ1n) is 8.40. The summed E-state index contributed by atoms with van der Waals surface area (Å²) in [5, 5.41) is 12.6. The zero-order chi connectivity index (χ0) is 17.4. The number of nitrogens with zero attached hydrogens (tertiary/aromatic N) is 3. The van der Waals surface area contributed by atoms with E-state index in [-0.39, 0.29) is 11.7 Å². The molecule has 0 aliphatic heterocycles. The molecule has 1 aliphatic rings. The van der Waals surface area contributed by atoms with Crippen LogP contribution in [0.25, 0.3) is 22.0 Å². The molecule has 0 radical (unpaired) electrons. The third-order valence-electron chi connectivity index (χ3n) is 4.71. The first kappa shape index (κ1) is 15.5. The van der Waals surface area contributed by atoms with E-state index in [1.54, 1.807) is 12.4 Å². The van der Waals surface area contributed by atoms with Crippen molar-refractivity contribution in [3.63, 3.8) is 0 Å². The lowest BCUT2D eigenvalue weighted by atomic mass is 10.0. The van der Waals surface area contributed by atoms with Gasteiger partial charge in [-0.1, -0.05) is 6.07 Å². The monoisotopic (exact) mass is 333 g/mol. The van der Waals surface area contributed by atoms with Crippen LogP contribution in [0.5, 0.6) is 0 Å². The molecule has 6 nitrogen and oxygen atoms in total. The molecule has 1 amide bonds. The third kappa shape index (κ3) is 3.03. The summed E-state index contributed by atoms with van der Waals surface area (Å²) in [6.45, 7) is 2.13. The zero-order valence-corrected chi connectivity index (χ0v) is 13.9. The Morgan fingerprint density at radius 1 is 1.16 bits per heavy atom. The van der Waals surface area contributed by atoms with Crippen molar-refractivity contribution in [2.75, 3.05) is 5.32 Å². The number of anilines is 1. The average molecular weight is 333 g/mol. The molecule has 1 aromatic carbocycles. The molecule has 0 spiro atoms. The van der Waals surface area contributed by atoms with Gasteiger partial charge in [-0.3, -0.25) is 9.78 Å². The van der Waals surface area contributed by atoms with E-state index < -0.39 is 5.91 Å². The minimum atomic E-state index is -0.571. The molecule has 3 aromatic rings. The lowest BCUT2D eigenvalue weighted by Gasteiger charge is -2.18. The molecule has 4 rings (SSSR count). The molecule has 1 atom stereocenters. The van der Waals surface area contributed by atoms with Gasteiger partial charge in [-0.05, 0) is 61.1 Å². The molecule has 1 aliphatic carbocycles. The van der Waals surface area contributed by atoms with Crippen molar-refractivity contribution < 1.29 is 4.79 Å². The number of carbonyl (C=O) groups is 1. The second-order valence-electron chi connectivity index (χ2n) is 6.53. The fourth-order valence-electron chi connectivity index (χ4n) is 3.09. The van der Waals surface area contributed by atoms with Crippen molar-refractivity contribution in [1.29, 1.82) is 0 Å². The Balaban J connectivity index is 1.82. The number of amides is 1. The van der Waals surface area contributed by atoms with Crippen molar-refractivity contribution in [1.82, 2.24) is 15.2 Å². The Labute approximate surface area is 145 Å². The van der Waals surface area contributed by atoms with E-state index in [9.17, 15) is 4.79 Å². The smallest absolute Gasteiger partial charge is 0.271 e. The van der Waals surface area contributed by atoms with Crippen molar-refractivity contribution in [2.24, 2.45) is 11.7 Å². The molecule has 6 heteroatoms. The SMILES string of the molecule is CC(Nc1c(C(N)=O)nnc2cc(-c3ccncc3)ccc12)C1CC1. The van der Waals surface area contributed by atoms with Gasteiger partial charge in [0.05, 0.1) is 11.2 Å². The van der Waals surface area contributed by atoms with E-state index in [0.717, 1.165) is 22.0 Å². The summed E-state index contributed by atoms with van der Waals surface area (Å²) in [7, 11) is 0. The predicted octanol–water partition coefficient (Wildman–Crippen LogP) is 3.00. The van der Waals surface area contributed by atoms with Crippen molar-refractivity contribution in [3.05, 3.63) is 48.4 Å². The average Bonchev–Trinajstić information content (AvgIpc) is 3.47. The van der Waals surface area contributed by atoms with Crippen molar-refractivity contribution >= 4 is 22.5 Å². The number of nitrogens with one attached hydrogen (secondary N) is 1. The summed E-state index contributed by atoms with van der Waals surface area (Å²) in [6, 6.07) is 10.1. The molecule has 1 saturated carbocycles. The fraction of sp³-hybridized carbons (Fsp3) is 0.263. The summed E-state index contributed by atoms with van der Waals surface area (Å²) in [4.78, 5) is 15.8. The van der Waals surface area contributed by atoms with Crippen molar-refractivity contribution in [2.45, 2.75) is 25.8 Å². The first-order valence-corrected chi connectivity index (χ1v) is 8.40. The van der Waals surface area contributed by atoms with E-state index in [1.807, 2.05) is 30.3 Å². The Morgan fingerprint density at radius 3 is 2.60 bits per heavy atom. The van der Waals surface area contributed by atoms with Crippen LogP contribution in [-0.2, 0) is 0 Å². The second-order valence-corrected chi connectivity index (χ2v) is 6.53. The Hall–Kier alpha value is -3.02. The van der Waals surface area contributed by atoms with Crippen LogP contribution < -0.4 is 11.1 Å². The van der Waals surface area contributed by atoms with Gasteiger partial charge in [0.25, 0.3) is 5.91 Å². The van der Waals surface area contributed by atoms with Gasteiger partial charge in [0.2, 0.25) is 0 Å². The van der Waals surface area contributed by atoms with Crippen LogP contribution in [0.3, 0.4) is 0 Å². The van der Waals surface area contributed by atoms with Crippen LogP contribution in [0.1, 0.15) is 30.3 Å². The van der Waals surface area contributed by atoms with E-state index in [2.05, 4.69) is 27.4 Å². The van der Waals surface area contributed by atoms with E-state index in [1.165, 1.54) is 12.8 Å². The number of rotatable bonds is 5. The van der Waals surface area contributed by atoms with Gasteiger partial charge in [-0.25, -0.2) is 0 Å². The zero-order valence-electron chi connectivity index (χ0n) is 13.9. The quantitative estimate of drug-likeness (QED) is 0.748. The molecule has 2 aromatic heterocycles. The first-order chi connectivity index (χ1) is 12.1.